The Morgan fingerprint density at radius 2 is 2.25 bits per heavy atom. The molecule has 0 saturated carbocycles. The molecular formula is C13H19NO4S2. The molecule has 7 heteroatoms. The van der Waals surface area contributed by atoms with E-state index in [2.05, 4.69) is 16.6 Å². The summed E-state index contributed by atoms with van der Waals surface area (Å²) in [4.78, 5) is 0.876. The summed E-state index contributed by atoms with van der Waals surface area (Å²) in [5.74, 6) is 5.27. The zero-order chi connectivity index (χ0) is 15.0. The minimum absolute atomic E-state index is 0.0233. The summed E-state index contributed by atoms with van der Waals surface area (Å²) in [6, 6.07) is 1.81. The molecule has 0 aliphatic heterocycles. The van der Waals surface area contributed by atoms with Crippen LogP contribution in [0.5, 0.6) is 0 Å². The van der Waals surface area contributed by atoms with E-state index in [-0.39, 0.29) is 31.6 Å². The van der Waals surface area contributed by atoms with Crippen LogP contribution in [-0.2, 0) is 21.3 Å². The maximum atomic E-state index is 11.7. The fourth-order valence-corrected chi connectivity index (χ4v) is 3.01. The number of rotatable bonds is 7. The Balaban J connectivity index is 2.43. The molecular weight excluding hydrogens is 298 g/mol. The Bertz CT molecular complexity index is 567. The topological polar surface area (TPSA) is 75.6 Å². The van der Waals surface area contributed by atoms with Gasteiger partial charge in [0.2, 0.25) is 10.0 Å². The zero-order valence-electron chi connectivity index (χ0n) is 11.5. The molecule has 1 aromatic heterocycles. The monoisotopic (exact) mass is 317 g/mol. The van der Waals surface area contributed by atoms with Crippen molar-refractivity contribution >= 4 is 21.4 Å². The van der Waals surface area contributed by atoms with Gasteiger partial charge in [-0.15, -0.1) is 11.3 Å². The Hall–Kier alpha value is -0.910. The van der Waals surface area contributed by atoms with E-state index in [0.717, 1.165) is 10.4 Å². The third-order valence-corrected chi connectivity index (χ3v) is 4.46. The number of ether oxygens (including phenoxy) is 1. The molecule has 0 atom stereocenters. The smallest absolute Gasteiger partial charge is 0.214 e. The van der Waals surface area contributed by atoms with Crippen molar-refractivity contribution < 1.29 is 18.3 Å². The van der Waals surface area contributed by atoms with Crippen molar-refractivity contribution in [2.24, 2.45) is 0 Å². The molecule has 0 aliphatic carbocycles. The summed E-state index contributed by atoms with van der Waals surface area (Å²) >= 11 is 1.43. The second-order valence-corrected chi connectivity index (χ2v) is 7.24. The van der Waals surface area contributed by atoms with Crippen molar-refractivity contribution in [3.63, 3.8) is 0 Å². The van der Waals surface area contributed by atoms with Gasteiger partial charge in [-0.3, -0.25) is 0 Å². The molecule has 1 heterocycles. The lowest BCUT2D eigenvalue weighted by atomic mass is 10.3. The Kier molecular flexibility index (Phi) is 7.19. The Labute approximate surface area is 124 Å². The number of hydrogen-bond donors (Lipinski definition) is 2. The van der Waals surface area contributed by atoms with Crippen LogP contribution in [0.1, 0.15) is 24.3 Å². The van der Waals surface area contributed by atoms with Gasteiger partial charge in [-0.2, -0.15) is 0 Å². The number of aliphatic hydroxyl groups is 1. The zero-order valence-corrected chi connectivity index (χ0v) is 13.2. The number of thiophene rings is 1. The first-order chi connectivity index (χ1) is 9.43. The standard InChI is InChI=1S/C13H19NO4S2/c1-11(2)18-6-7-20(16,17)14-9-13-8-12(10-19-13)4-3-5-15/h8,10-11,14-15H,5-7,9H2,1-2H3. The van der Waals surface area contributed by atoms with E-state index in [4.69, 9.17) is 9.84 Å². The van der Waals surface area contributed by atoms with Gasteiger partial charge >= 0.3 is 0 Å². The van der Waals surface area contributed by atoms with Crippen molar-refractivity contribution in [3.05, 3.63) is 21.9 Å². The highest BCUT2D eigenvalue weighted by molar-refractivity contribution is 7.89. The summed E-state index contributed by atoms with van der Waals surface area (Å²) < 4.78 is 31.2. The lowest BCUT2D eigenvalue weighted by Gasteiger charge is -2.08. The summed E-state index contributed by atoms with van der Waals surface area (Å²) in [5, 5.41) is 10.4. The van der Waals surface area contributed by atoms with Crippen LogP contribution >= 0.6 is 11.3 Å². The summed E-state index contributed by atoms with van der Waals surface area (Å²) in [5.41, 5.74) is 0.779. The average molecular weight is 317 g/mol. The predicted molar refractivity (Wildman–Crippen MR) is 80.0 cm³/mol. The molecule has 0 radical (unpaired) electrons. The van der Waals surface area contributed by atoms with Gasteiger partial charge in [0.1, 0.15) is 6.61 Å². The molecule has 1 rings (SSSR count). The SMILES string of the molecule is CC(C)OCCS(=O)(=O)NCc1cc(C#CCO)cs1. The Morgan fingerprint density at radius 3 is 2.90 bits per heavy atom. The van der Waals surface area contributed by atoms with Gasteiger partial charge in [0, 0.05) is 22.4 Å². The van der Waals surface area contributed by atoms with Gasteiger partial charge in [-0.25, -0.2) is 13.1 Å². The van der Waals surface area contributed by atoms with Crippen LogP contribution in [0.4, 0.5) is 0 Å². The van der Waals surface area contributed by atoms with Gasteiger partial charge in [0.15, 0.2) is 0 Å². The van der Waals surface area contributed by atoms with E-state index in [1.807, 2.05) is 19.2 Å². The van der Waals surface area contributed by atoms with Crippen LogP contribution in [0.15, 0.2) is 11.4 Å². The van der Waals surface area contributed by atoms with Gasteiger partial charge in [-0.05, 0) is 19.9 Å². The molecule has 0 amide bonds. The van der Waals surface area contributed by atoms with E-state index in [0.29, 0.717) is 0 Å². The van der Waals surface area contributed by atoms with E-state index in [9.17, 15) is 8.42 Å². The minimum Gasteiger partial charge on any atom is -0.384 e. The van der Waals surface area contributed by atoms with Gasteiger partial charge in [0.25, 0.3) is 0 Å². The molecule has 5 nitrogen and oxygen atoms in total. The van der Waals surface area contributed by atoms with Crippen LogP contribution in [0.25, 0.3) is 0 Å². The number of sulfonamides is 1. The van der Waals surface area contributed by atoms with Crippen molar-refractivity contribution in [1.29, 1.82) is 0 Å². The molecule has 112 valence electrons. The van der Waals surface area contributed by atoms with Crippen LogP contribution < -0.4 is 4.72 Å². The molecule has 0 saturated heterocycles. The molecule has 1 aromatic rings. The van der Waals surface area contributed by atoms with Crippen molar-refractivity contribution in [2.45, 2.75) is 26.5 Å². The van der Waals surface area contributed by atoms with E-state index in [1.54, 1.807) is 6.07 Å². The molecule has 0 spiro atoms. The normalized spacial score (nSPS) is 11.4. The summed E-state index contributed by atoms with van der Waals surface area (Å²) in [7, 11) is -3.33. The molecule has 0 bridgehead atoms. The molecule has 0 unspecified atom stereocenters. The van der Waals surface area contributed by atoms with Crippen molar-refractivity contribution in [1.82, 2.24) is 4.72 Å². The second kappa shape index (κ2) is 8.39. The summed E-state index contributed by atoms with van der Waals surface area (Å²) in [6.45, 7) is 3.97. The van der Waals surface area contributed by atoms with E-state index >= 15 is 0 Å². The quantitative estimate of drug-likeness (QED) is 0.734. The molecule has 0 fully saturated rings. The maximum absolute atomic E-state index is 11.7. The maximum Gasteiger partial charge on any atom is 0.214 e. The fourth-order valence-electron chi connectivity index (χ4n) is 1.33. The lowest BCUT2D eigenvalue weighted by Crippen LogP contribution is -2.28. The molecule has 2 N–H and O–H groups in total. The highest BCUT2D eigenvalue weighted by Gasteiger charge is 2.11. The van der Waals surface area contributed by atoms with Crippen LogP contribution in [0.2, 0.25) is 0 Å². The lowest BCUT2D eigenvalue weighted by molar-refractivity contribution is 0.0911. The summed E-state index contributed by atoms with van der Waals surface area (Å²) in [6.07, 6.45) is 0.0233. The molecule has 0 aliphatic rings. The van der Waals surface area contributed by atoms with E-state index < -0.39 is 10.0 Å². The molecule has 20 heavy (non-hydrogen) atoms. The van der Waals surface area contributed by atoms with Crippen LogP contribution in [-0.4, -0.2) is 38.6 Å². The van der Waals surface area contributed by atoms with Gasteiger partial charge in [0.05, 0.1) is 18.5 Å². The Morgan fingerprint density at radius 1 is 1.50 bits per heavy atom. The third kappa shape index (κ3) is 7.03. The van der Waals surface area contributed by atoms with Gasteiger partial charge in [-0.1, -0.05) is 11.8 Å². The fraction of sp³-hybridized carbons (Fsp3) is 0.538. The predicted octanol–water partition coefficient (Wildman–Crippen LogP) is 0.936. The van der Waals surface area contributed by atoms with E-state index in [1.165, 1.54) is 11.3 Å². The largest absolute Gasteiger partial charge is 0.384 e. The van der Waals surface area contributed by atoms with Crippen LogP contribution in [0.3, 0.4) is 0 Å². The highest BCUT2D eigenvalue weighted by atomic mass is 32.2. The van der Waals surface area contributed by atoms with Gasteiger partial charge < -0.3 is 9.84 Å². The average Bonchev–Trinajstić information content (AvgIpc) is 2.81. The first-order valence-corrected chi connectivity index (χ1v) is 8.72. The first-order valence-electron chi connectivity index (χ1n) is 6.19. The third-order valence-electron chi connectivity index (χ3n) is 2.24. The highest BCUT2D eigenvalue weighted by Crippen LogP contribution is 2.13. The number of hydrogen-bond acceptors (Lipinski definition) is 5. The van der Waals surface area contributed by atoms with Crippen molar-refractivity contribution in [2.75, 3.05) is 19.0 Å². The van der Waals surface area contributed by atoms with Crippen molar-refractivity contribution in [3.8, 4) is 11.8 Å². The number of aliphatic hydroxyl groups excluding tert-OH is 1. The molecule has 0 aromatic carbocycles. The minimum atomic E-state index is -3.33. The number of nitrogens with one attached hydrogen (secondary N) is 1. The second-order valence-electron chi connectivity index (χ2n) is 4.32. The van der Waals surface area contributed by atoms with Crippen LogP contribution in [0, 0.1) is 11.8 Å². The first kappa shape index (κ1) is 17.1.